The number of likely N-dealkylation sites (N-methyl/N-ethyl adjacent to an activating group) is 1. The number of nitrogens with one attached hydrogen (secondary N) is 3. The Balaban J connectivity index is 2.21. The van der Waals surface area contributed by atoms with Gasteiger partial charge in [0.1, 0.15) is 6.04 Å². The lowest BCUT2D eigenvalue weighted by Crippen LogP contribution is -2.32. The SMILES string of the molecule is COC(=O)C(CCCCN)Nc1nc(NCCN(C)C)nc(Nc2ccncc2)n1. The zero-order valence-corrected chi connectivity index (χ0v) is 17.8. The van der Waals surface area contributed by atoms with E-state index in [4.69, 9.17) is 10.5 Å². The van der Waals surface area contributed by atoms with Crippen LogP contribution >= 0.6 is 0 Å². The van der Waals surface area contributed by atoms with Crippen molar-refractivity contribution in [1.82, 2.24) is 24.8 Å². The van der Waals surface area contributed by atoms with Crippen LogP contribution < -0.4 is 21.7 Å². The Labute approximate surface area is 176 Å². The minimum absolute atomic E-state index is 0.275. The molecule has 0 aliphatic carbocycles. The Bertz CT molecular complexity index is 774. The third-order valence-corrected chi connectivity index (χ3v) is 4.15. The van der Waals surface area contributed by atoms with Crippen LogP contribution in [0.15, 0.2) is 24.5 Å². The summed E-state index contributed by atoms with van der Waals surface area (Å²) in [6, 6.07) is 3.03. The van der Waals surface area contributed by atoms with Crippen LogP contribution in [0.5, 0.6) is 0 Å². The summed E-state index contributed by atoms with van der Waals surface area (Å²) >= 11 is 0. The molecule has 1 unspecified atom stereocenters. The first-order valence-electron chi connectivity index (χ1n) is 9.88. The first-order valence-corrected chi connectivity index (χ1v) is 9.88. The van der Waals surface area contributed by atoms with Crippen LogP contribution in [-0.2, 0) is 9.53 Å². The number of ether oxygens (including phenoxy) is 1. The predicted molar refractivity (Wildman–Crippen MR) is 117 cm³/mol. The molecule has 0 fully saturated rings. The highest BCUT2D eigenvalue weighted by Gasteiger charge is 2.20. The number of nitrogens with zero attached hydrogens (tertiary/aromatic N) is 5. The molecule has 1 atom stereocenters. The van der Waals surface area contributed by atoms with Crippen molar-refractivity contribution in [3.8, 4) is 0 Å². The molecule has 11 heteroatoms. The van der Waals surface area contributed by atoms with E-state index in [9.17, 15) is 4.79 Å². The zero-order valence-electron chi connectivity index (χ0n) is 17.8. The number of esters is 1. The van der Waals surface area contributed by atoms with Crippen LogP contribution in [0.2, 0.25) is 0 Å². The zero-order chi connectivity index (χ0) is 21.8. The van der Waals surface area contributed by atoms with Gasteiger partial charge in [-0.25, -0.2) is 4.79 Å². The number of pyridine rings is 1. The number of anilines is 4. The maximum Gasteiger partial charge on any atom is 0.328 e. The lowest BCUT2D eigenvalue weighted by molar-refractivity contribution is -0.141. The first-order chi connectivity index (χ1) is 14.5. The van der Waals surface area contributed by atoms with E-state index in [-0.39, 0.29) is 11.9 Å². The number of hydrogen-bond acceptors (Lipinski definition) is 11. The van der Waals surface area contributed by atoms with Gasteiger partial charge in [0.2, 0.25) is 17.8 Å². The number of carbonyl (C=O) groups excluding carboxylic acids is 1. The van der Waals surface area contributed by atoms with Gasteiger partial charge < -0.3 is 31.3 Å². The number of carbonyl (C=O) groups is 1. The molecule has 2 rings (SSSR count). The molecule has 0 bridgehead atoms. The van der Waals surface area contributed by atoms with Gasteiger partial charge >= 0.3 is 5.97 Å². The molecule has 164 valence electrons. The van der Waals surface area contributed by atoms with Crippen LogP contribution in [0.4, 0.5) is 23.5 Å². The third-order valence-electron chi connectivity index (χ3n) is 4.15. The van der Waals surface area contributed by atoms with Gasteiger partial charge in [0.25, 0.3) is 0 Å². The van der Waals surface area contributed by atoms with Gasteiger partial charge in [0.15, 0.2) is 0 Å². The molecule has 0 radical (unpaired) electrons. The van der Waals surface area contributed by atoms with Crippen molar-refractivity contribution in [3.05, 3.63) is 24.5 Å². The molecule has 0 spiro atoms. The van der Waals surface area contributed by atoms with E-state index in [0.717, 1.165) is 25.1 Å². The third kappa shape index (κ3) is 8.13. The molecule has 0 aliphatic rings. The van der Waals surface area contributed by atoms with Gasteiger partial charge in [-0.15, -0.1) is 0 Å². The molecule has 0 saturated carbocycles. The molecule has 11 nitrogen and oxygen atoms in total. The van der Waals surface area contributed by atoms with Crippen LogP contribution in [-0.4, -0.2) is 77.7 Å². The first kappa shape index (κ1) is 23.2. The molecular formula is C19H31N9O2. The van der Waals surface area contributed by atoms with Crippen LogP contribution in [0.1, 0.15) is 19.3 Å². The summed E-state index contributed by atoms with van der Waals surface area (Å²) in [6.45, 7) is 2.03. The van der Waals surface area contributed by atoms with E-state index in [1.54, 1.807) is 24.5 Å². The fraction of sp³-hybridized carbons (Fsp3) is 0.526. The summed E-state index contributed by atoms with van der Waals surface area (Å²) in [5.41, 5.74) is 6.35. The maximum absolute atomic E-state index is 12.2. The van der Waals surface area contributed by atoms with Gasteiger partial charge in [0.05, 0.1) is 7.11 Å². The molecule has 2 aromatic heterocycles. The molecule has 5 N–H and O–H groups in total. The maximum atomic E-state index is 12.2. The largest absolute Gasteiger partial charge is 0.467 e. The fourth-order valence-corrected chi connectivity index (χ4v) is 2.57. The second-order valence-electron chi connectivity index (χ2n) is 6.90. The molecule has 0 saturated heterocycles. The number of unbranched alkanes of at least 4 members (excludes halogenated alkanes) is 1. The smallest absolute Gasteiger partial charge is 0.328 e. The second-order valence-corrected chi connectivity index (χ2v) is 6.90. The number of hydrogen-bond donors (Lipinski definition) is 4. The van der Waals surface area contributed by atoms with Crippen molar-refractivity contribution in [2.75, 3.05) is 56.8 Å². The normalized spacial score (nSPS) is 11.8. The average molecular weight is 418 g/mol. The van der Waals surface area contributed by atoms with Gasteiger partial charge in [-0.1, -0.05) is 0 Å². The van der Waals surface area contributed by atoms with Crippen LogP contribution in [0.25, 0.3) is 0 Å². The number of rotatable bonds is 13. The van der Waals surface area contributed by atoms with Crippen molar-refractivity contribution in [2.45, 2.75) is 25.3 Å². The van der Waals surface area contributed by atoms with Crippen molar-refractivity contribution in [1.29, 1.82) is 0 Å². The molecule has 0 amide bonds. The lowest BCUT2D eigenvalue weighted by Gasteiger charge is -2.18. The minimum Gasteiger partial charge on any atom is -0.467 e. The molecular weight excluding hydrogens is 386 g/mol. The van der Waals surface area contributed by atoms with E-state index in [0.29, 0.717) is 31.4 Å². The predicted octanol–water partition coefficient (Wildman–Crippen LogP) is 1.07. The van der Waals surface area contributed by atoms with Gasteiger partial charge in [-0.3, -0.25) is 4.98 Å². The summed E-state index contributed by atoms with van der Waals surface area (Å²) in [5.74, 6) is 0.642. The average Bonchev–Trinajstić information content (AvgIpc) is 2.73. The Morgan fingerprint density at radius 2 is 1.83 bits per heavy atom. The van der Waals surface area contributed by atoms with Gasteiger partial charge in [-0.2, -0.15) is 15.0 Å². The van der Waals surface area contributed by atoms with E-state index in [1.165, 1.54) is 7.11 Å². The van der Waals surface area contributed by atoms with E-state index < -0.39 is 6.04 Å². The number of nitrogens with two attached hydrogens (primary N) is 1. The molecule has 0 aliphatic heterocycles. The minimum atomic E-state index is -0.577. The van der Waals surface area contributed by atoms with Crippen LogP contribution in [0, 0.1) is 0 Å². The lowest BCUT2D eigenvalue weighted by atomic mass is 10.1. The molecule has 30 heavy (non-hydrogen) atoms. The van der Waals surface area contributed by atoms with Gasteiger partial charge in [0, 0.05) is 31.2 Å². The fourth-order valence-electron chi connectivity index (χ4n) is 2.57. The molecule has 2 heterocycles. The van der Waals surface area contributed by atoms with Crippen molar-refractivity contribution >= 4 is 29.5 Å². The Hall–Kier alpha value is -3.05. The monoisotopic (exact) mass is 417 g/mol. The van der Waals surface area contributed by atoms with E-state index in [1.807, 2.05) is 19.0 Å². The Morgan fingerprint density at radius 1 is 1.13 bits per heavy atom. The standard InChI is InChI=1S/C19H31N9O2/c1-28(2)13-12-22-17-25-18(23-14-7-10-21-11-8-14)27-19(26-17)24-15(16(29)30-3)6-4-5-9-20/h7-8,10-11,15H,4-6,9,12-13,20H2,1-3H3,(H3,21,22,23,24,25,26,27). The molecule has 2 aromatic rings. The van der Waals surface area contributed by atoms with Gasteiger partial charge in [-0.05, 0) is 52.0 Å². The van der Waals surface area contributed by atoms with Crippen molar-refractivity contribution in [2.24, 2.45) is 5.73 Å². The van der Waals surface area contributed by atoms with E-state index >= 15 is 0 Å². The van der Waals surface area contributed by atoms with Crippen molar-refractivity contribution < 1.29 is 9.53 Å². The number of aromatic nitrogens is 4. The second kappa shape index (κ2) is 12.5. The number of methoxy groups -OCH3 is 1. The summed E-state index contributed by atoms with van der Waals surface area (Å²) in [7, 11) is 5.33. The highest BCUT2D eigenvalue weighted by Crippen LogP contribution is 2.16. The van der Waals surface area contributed by atoms with Crippen LogP contribution in [0.3, 0.4) is 0 Å². The molecule has 0 aromatic carbocycles. The topological polar surface area (TPSA) is 143 Å². The summed E-state index contributed by atoms with van der Waals surface area (Å²) in [4.78, 5) is 31.5. The Kier molecular flexibility index (Phi) is 9.68. The summed E-state index contributed by atoms with van der Waals surface area (Å²) < 4.78 is 4.92. The summed E-state index contributed by atoms with van der Waals surface area (Å²) in [6.07, 6.45) is 5.50. The quantitative estimate of drug-likeness (QED) is 0.274. The highest BCUT2D eigenvalue weighted by molar-refractivity contribution is 5.78. The Morgan fingerprint density at radius 3 is 2.50 bits per heavy atom. The van der Waals surface area contributed by atoms with Crippen molar-refractivity contribution in [3.63, 3.8) is 0 Å². The van der Waals surface area contributed by atoms with E-state index in [2.05, 4.69) is 35.9 Å². The summed E-state index contributed by atoms with van der Waals surface area (Å²) in [5, 5.41) is 9.38. The highest BCUT2D eigenvalue weighted by atomic mass is 16.5.